The maximum Gasteiger partial charge on any atom is 0.311 e. The van der Waals surface area contributed by atoms with Gasteiger partial charge in [0, 0.05) is 5.38 Å². The number of hydrazone groups is 1. The number of anilines is 1. The van der Waals surface area contributed by atoms with Crippen molar-refractivity contribution in [2.75, 3.05) is 19.1 Å². The Labute approximate surface area is 167 Å². The first-order valence-corrected chi connectivity index (χ1v) is 9.62. The van der Waals surface area contributed by atoms with Crippen molar-refractivity contribution in [3.8, 4) is 11.5 Å². The number of benzene rings is 1. The molecule has 1 N–H and O–H groups in total. The Bertz CT molecular complexity index is 808. The van der Waals surface area contributed by atoms with Gasteiger partial charge in [0.25, 0.3) is 0 Å². The number of rotatable bonds is 9. The van der Waals surface area contributed by atoms with Crippen LogP contribution in [-0.4, -0.2) is 37.0 Å². The van der Waals surface area contributed by atoms with E-state index < -0.39 is 0 Å². The molecule has 146 valence electrons. The number of aromatic nitrogens is 1. The van der Waals surface area contributed by atoms with Crippen LogP contribution in [0.25, 0.3) is 0 Å². The molecule has 0 aliphatic heterocycles. The number of hydrogen-bond acceptors (Lipinski definition) is 8. The van der Waals surface area contributed by atoms with E-state index in [2.05, 4.69) is 15.5 Å². The molecule has 0 aliphatic carbocycles. The van der Waals surface area contributed by atoms with Crippen molar-refractivity contribution in [3.63, 3.8) is 0 Å². The first-order chi connectivity index (χ1) is 12.9. The summed E-state index contributed by atoms with van der Waals surface area (Å²) in [6.45, 7) is 5.95. The van der Waals surface area contributed by atoms with E-state index in [0.717, 1.165) is 5.56 Å². The normalized spacial score (nSPS) is 11.0. The monoisotopic (exact) mass is 411 g/mol. The van der Waals surface area contributed by atoms with E-state index in [9.17, 15) is 4.79 Å². The number of methoxy groups -OCH3 is 1. The van der Waals surface area contributed by atoms with E-state index in [1.807, 2.05) is 13.8 Å². The number of esters is 1. The maximum absolute atomic E-state index is 11.5. The molecule has 0 saturated heterocycles. The van der Waals surface area contributed by atoms with Crippen LogP contribution in [0, 0.1) is 0 Å². The Hall–Kier alpha value is -2.32. The Morgan fingerprint density at radius 1 is 1.44 bits per heavy atom. The van der Waals surface area contributed by atoms with Crippen molar-refractivity contribution in [2.24, 2.45) is 5.10 Å². The van der Waals surface area contributed by atoms with E-state index in [-0.39, 0.29) is 18.5 Å². The van der Waals surface area contributed by atoms with Crippen LogP contribution in [0.15, 0.2) is 22.6 Å². The lowest BCUT2D eigenvalue weighted by Gasteiger charge is -2.15. The van der Waals surface area contributed by atoms with Crippen LogP contribution < -0.4 is 14.9 Å². The fourth-order valence-corrected chi connectivity index (χ4v) is 3.05. The third-order valence-corrected chi connectivity index (χ3v) is 4.24. The number of hydrogen-bond donors (Lipinski definition) is 1. The first kappa shape index (κ1) is 21.0. The fourth-order valence-electron chi connectivity index (χ4n) is 2.13. The molecule has 0 atom stereocenters. The van der Waals surface area contributed by atoms with Gasteiger partial charge < -0.3 is 14.2 Å². The van der Waals surface area contributed by atoms with Crippen LogP contribution in [0.2, 0.25) is 5.02 Å². The molecular formula is C18H22ClN3O4S. The topological polar surface area (TPSA) is 82.0 Å². The molecular weight excluding hydrogens is 390 g/mol. The third kappa shape index (κ3) is 6.41. The highest BCUT2D eigenvalue weighted by Gasteiger charge is 2.13. The summed E-state index contributed by atoms with van der Waals surface area (Å²) >= 11 is 7.64. The van der Waals surface area contributed by atoms with Gasteiger partial charge in [0.15, 0.2) is 11.5 Å². The lowest BCUT2D eigenvalue weighted by atomic mass is 10.2. The highest BCUT2D eigenvalue weighted by atomic mass is 35.5. The van der Waals surface area contributed by atoms with Crippen molar-refractivity contribution in [1.29, 1.82) is 0 Å². The van der Waals surface area contributed by atoms with Gasteiger partial charge in [-0.1, -0.05) is 11.6 Å². The molecule has 1 aromatic heterocycles. The third-order valence-electron chi connectivity index (χ3n) is 3.16. The number of halogens is 1. The molecule has 2 rings (SSSR count). The zero-order valence-electron chi connectivity index (χ0n) is 15.6. The van der Waals surface area contributed by atoms with Crippen molar-refractivity contribution in [3.05, 3.63) is 33.8 Å². The SMILES string of the molecule is CCOC(=O)Cc1csc(NN=Cc2cc(Cl)c(OC(C)C)c(OC)c2)n1. The molecule has 9 heteroatoms. The highest BCUT2D eigenvalue weighted by molar-refractivity contribution is 7.13. The number of nitrogens with zero attached hydrogens (tertiary/aromatic N) is 2. The van der Waals surface area contributed by atoms with Crippen LogP contribution in [-0.2, 0) is 16.0 Å². The quantitative estimate of drug-likeness (QED) is 0.379. The van der Waals surface area contributed by atoms with E-state index in [0.29, 0.717) is 34.0 Å². The van der Waals surface area contributed by atoms with E-state index in [4.69, 9.17) is 25.8 Å². The van der Waals surface area contributed by atoms with Crippen molar-refractivity contribution in [1.82, 2.24) is 4.98 Å². The van der Waals surface area contributed by atoms with E-state index in [1.165, 1.54) is 11.3 Å². The van der Waals surface area contributed by atoms with Gasteiger partial charge in [-0.2, -0.15) is 5.10 Å². The zero-order valence-corrected chi connectivity index (χ0v) is 17.2. The summed E-state index contributed by atoms with van der Waals surface area (Å²) in [6, 6.07) is 3.52. The van der Waals surface area contributed by atoms with Crippen LogP contribution in [0.5, 0.6) is 11.5 Å². The number of thiazole rings is 1. The Balaban J connectivity index is 2.03. The summed E-state index contributed by atoms with van der Waals surface area (Å²) in [5, 5.41) is 6.95. The number of ether oxygens (including phenoxy) is 3. The van der Waals surface area contributed by atoms with Gasteiger partial charge in [0.05, 0.1) is 43.2 Å². The molecule has 0 saturated carbocycles. The average Bonchev–Trinajstić information content (AvgIpc) is 3.04. The predicted molar refractivity (Wildman–Crippen MR) is 107 cm³/mol. The lowest BCUT2D eigenvalue weighted by Crippen LogP contribution is -2.07. The molecule has 0 unspecified atom stereocenters. The largest absolute Gasteiger partial charge is 0.493 e. The Kier molecular flexibility index (Phi) is 7.87. The molecule has 27 heavy (non-hydrogen) atoms. The molecule has 0 fully saturated rings. The minimum absolute atomic E-state index is 0.0220. The summed E-state index contributed by atoms with van der Waals surface area (Å²) in [7, 11) is 1.55. The smallest absolute Gasteiger partial charge is 0.311 e. The number of nitrogens with one attached hydrogen (secondary N) is 1. The number of carbonyl (C=O) groups is 1. The van der Waals surface area contributed by atoms with Gasteiger partial charge >= 0.3 is 5.97 Å². The lowest BCUT2D eigenvalue weighted by molar-refractivity contribution is -0.142. The van der Waals surface area contributed by atoms with Crippen LogP contribution in [0.3, 0.4) is 0 Å². The maximum atomic E-state index is 11.5. The molecule has 1 heterocycles. The second kappa shape index (κ2) is 10.1. The summed E-state index contributed by atoms with van der Waals surface area (Å²) in [5.74, 6) is 0.731. The second-order valence-electron chi connectivity index (χ2n) is 5.70. The molecule has 1 aromatic carbocycles. The predicted octanol–water partition coefficient (Wildman–Crippen LogP) is 4.14. The van der Waals surface area contributed by atoms with Crippen LogP contribution in [0.4, 0.5) is 5.13 Å². The zero-order chi connectivity index (χ0) is 19.8. The summed E-state index contributed by atoms with van der Waals surface area (Å²) in [4.78, 5) is 15.7. The Morgan fingerprint density at radius 2 is 2.22 bits per heavy atom. The molecule has 0 radical (unpaired) electrons. The molecule has 0 bridgehead atoms. The molecule has 7 nitrogen and oxygen atoms in total. The van der Waals surface area contributed by atoms with E-state index in [1.54, 1.807) is 37.8 Å². The summed E-state index contributed by atoms with van der Waals surface area (Å²) in [6.07, 6.45) is 1.71. The average molecular weight is 412 g/mol. The minimum atomic E-state index is -0.303. The molecule has 0 aliphatic rings. The number of carbonyl (C=O) groups excluding carboxylic acids is 1. The van der Waals surface area contributed by atoms with Crippen LogP contribution in [0.1, 0.15) is 32.0 Å². The first-order valence-electron chi connectivity index (χ1n) is 8.36. The molecule has 0 spiro atoms. The van der Waals surface area contributed by atoms with Gasteiger partial charge in [-0.3, -0.25) is 10.2 Å². The summed E-state index contributed by atoms with van der Waals surface area (Å²) in [5.41, 5.74) is 4.21. The summed E-state index contributed by atoms with van der Waals surface area (Å²) < 4.78 is 15.9. The van der Waals surface area contributed by atoms with Gasteiger partial charge in [-0.25, -0.2) is 4.98 Å². The van der Waals surface area contributed by atoms with Gasteiger partial charge in [0.2, 0.25) is 5.13 Å². The van der Waals surface area contributed by atoms with Crippen molar-refractivity contribution in [2.45, 2.75) is 33.3 Å². The molecule has 2 aromatic rings. The van der Waals surface area contributed by atoms with Gasteiger partial charge in [-0.05, 0) is 38.5 Å². The second-order valence-corrected chi connectivity index (χ2v) is 6.96. The minimum Gasteiger partial charge on any atom is -0.493 e. The molecule has 0 amide bonds. The van der Waals surface area contributed by atoms with Crippen LogP contribution >= 0.6 is 22.9 Å². The van der Waals surface area contributed by atoms with Crippen molar-refractivity contribution < 1.29 is 19.0 Å². The standard InChI is InChI=1S/C18H22ClN3O4S/c1-5-25-16(23)8-13-10-27-18(21-13)22-20-9-12-6-14(19)17(26-11(2)3)15(7-12)24-4/h6-7,9-11H,5,8H2,1-4H3,(H,21,22). The van der Waals surface area contributed by atoms with Gasteiger partial charge in [0.1, 0.15) is 0 Å². The Morgan fingerprint density at radius 3 is 2.89 bits per heavy atom. The van der Waals surface area contributed by atoms with E-state index >= 15 is 0 Å². The fraction of sp³-hybridized carbons (Fsp3) is 0.389. The van der Waals surface area contributed by atoms with Crippen molar-refractivity contribution >= 4 is 40.3 Å². The van der Waals surface area contributed by atoms with Gasteiger partial charge in [-0.15, -0.1) is 11.3 Å². The highest BCUT2D eigenvalue weighted by Crippen LogP contribution is 2.36.